The number of benzene rings is 2. The largest absolute Gasteiger partial charge is 0.489 e. The standard InChI is InChI=1S/C35H56O4Si2/c1-25(16-15-21-35(8,9)36)27-17-14-18-28(23-27)37-24-26-19-20-29(31(33(2,3)4)38-40(10)11)30(22-26)32(34(5,6)7)39-41(12)13/h14-23,31-32,36,40-41H,24H2,1-13H3/b21-15+,25-16-. The fourth-order valence-electron chi connectivity index (χ4n) is 4.73. The van der Waals surface area contributed by atoms with Crippen molar-refractivity contribution >= 4 is 23.7 Å². The molecule has 0 heterocycles. The molecule has 0 amide bonds. The van der Waals surface area contributed by atoms with Gasteiger partial charge >= 0.3 is 0 Å². The zero-order valence-corrected chi connectivity index (χ0v) is 30.3. The van der Waals surface area contributed by atoms with Gasteiger partial charge in [0.25, 0.3) is 0 Å². The van der Waals surface area contributed by atoms with Crippen LogP contribution in [-0.4, -0.2) is 28.8 Å². The van der Waals surface area contributed by atoms with Crippen molar-refractivity contribution in [2.24, 2.45) is 10.8 Å². The molecule has 2 unspecified atom stereocenters. The summed E-state index contributed by atoms with van der Waals surface area (Å²) in [5, 5.41) is 9.94. The molecule has 0 aromatic heterocycles. The maximum Gasteiger partial charge on any atom is 0.171 e. The van der Waals surface area contributed by atoms with Gasteiger partial charge in [-0.3, -0.25) is 0 Å². The molecule has 0 aliphatic rings. The van der Waals surface area contributed by atoms with E-state index in [-0.39, 0.29) is 23.0 Å². The lowest BCUT2D eigenvalue weighted by Gasteiger charge is -2.39. The first-order chi connectivity index (χ1) is 18.8. The summed E-state index contributed by atoms with van der Waals surface area (Å²) in [7, 11) is -2.62. The van der Waals surface area contributed by atoms with Crippen LogP contribution in [0.15, 0.2) is 60.7 Å². The average Bonchev–Trinajstić information content (AvgIpc) is 2.82. The molecule has 4 nitrogen and oxygen atoms in total. The molecule has 6 heteroatoms. The quantitative estimate of drug-likeness (QED) is 0.196. The summed E-state index contributed by atoms with van der Waals surface area (Å²) in [6, 6.07) is 14.9. The Morgan fingerprint density at radius 3 is 1.88 bits per heavy atom. The highest BCUT2D eigenvalue weighted by molar-refractivity contribution is 6.48. The highest BCUT2D eigenvalue weighted by Gasteiger charge is 2.36. The third-order valence-corrected chi connectivity index (χ3v) is 8.28. The molecule has 0 saturated heterocycles. The van der Waals surface area contributed by atoms with E-state index in [1.165, 1.54) is 11.1 Å². The van der Waals surface area contributed by atoms with Gasteiger partial charge in [-0.2, -0.15) is 0 Å². The Bertz CT molecular complexity index is 1180. The van der Waals surface area contributed by atoms with Gasteiger partial charge in [-0.25, -0.2) is 0 Å². The van der Waals surface area contributed by atoms with Gasteiger partial charge in [-0.1, -0.05) is 84.0 Å². The molecule has 0 fully saturated rings. The monoisotopic (exact) mass is 596 g/mol. The molecule has 2 atom stereocenters. The minimum Gasteiger partial charge on any atom is -0.489 e. The van der Waals surface area contributed by atoms with Crippen LogP contribution in [0, 0.1) is 10.8 Å². The van der Waals surface area contributed by atoms with Crippen LogP contribution in [0.5, 0.6) is 5.75 Å². The minimum atomic E-state index is -1.32. The summed E-state index contributed by atoms with van der Waals surface area (Å²) in [4.78, 5) is 0. The van der Waals surface area contributed by atoms with Crippen LogP contribution < -0.4 is 4.74 Å². The van der Waals surface area contributed by atoms with Gasteiger partial charge in [-0.15, -0.1) is 0 Å². The van der Waals surface area contributed by atoms with Gasteiger partial charge in [0.05, 0.1) is 17.8 Å². The average molecular weight is 597 g/mol. The Labute approximate surface area is 254 Å². The summed E-state index contributed by atoms with van der Waals surface area (Å²) < 4.78 is 19.8. The topological polar surface area (TPSA) is 47.9 Å². The molecular formula is C35H56O4Si2. The predicted molar refractivity (Wildman–Crippen MR) is 181 cm³/mol. The van der Waals surface area contributed by atoms with Gasteiger partial charge in [0.15, 0.2) is 18.1 Å². The lowest BCUT2D eigenvalue weighted by atomic mass is 9.77. The summed E-state index contributed by atoms with van der Waals surface area (Å²) in [5.41, 5.74) is 4.82. The zero-order valence-electron chi connectivity index (χ0n) is 28.0. The van der Waals surface area contributed by atoms with Crippen LogP contribution in [0.4, 0.5) is 0 Å². The Balaban J connectivity index is 2.47. The number of allylic oxidation sites excluding steroid dienone is 3. The van der Waals surface area contributed by atoms with Crippen LogP contribution in [0.1, 0.15) is 96.8 Å². The Hall–Kier alpha value is -1.97. The lowest BCUT2D eigenvalue weighted by Crippen LogP contribution is -2.31. The van der Waals surface area contributed by atoms with Crippen LogP contribution in [0.25, 0.3) is 5.57 Å². The first-order valence-electron chi connectivity index (χ1n) is 15.0. The minimum absolute atomic E-state index is 0.00156. The van der Waals surface area contributed by atoms with Crippen molar-refractivity contribution in [1.29, 1.82) is 0 Å². The second kappa shape index (κ2) is 14.5. The molecular weight excluding hydrogens is 541 g/mol. The first kappa shape index (κ1) is 35.2. The number of hydrogen-bond donors (Lipinski definition) is 1. The van der Waals surface area contributed by atoms with Crippen molar-refractivity contribution in [3.05, 3.63) is 82.9 Å². The van der Waals surface area contributed by atoms with Gasteiger partial charge < -0.3 is 18.7 Å². The normalized spacial score (nSPS) is 15.2. The Morgan fingerprint density at radius 1 is 0.805 bits per heavy atom. The molecule has 0 aliphatic carbocycles. The van der Waals surface area contributed by atoms with Crippen LogP contribution in [-0.2, 0) is 15.5 Å². The molecule has 2 rings (SSSR count). The van der Waals surface area contributed by atoms with Crippen molar-refractivity contribution in [2.75, 3.05) is 0 Å². The highest BCUT2D eigenvalue weighted by Crippen LogP contribution is 2.45. The molecule has 1 N–H and O–H groups in total. The van der Waals surface area contributed by atoms with Gasteiger partial charge in [0.1, 0.15) is 12.4 Å². The number of aliphatic hydroxyl groups is 1. The molecule has 228 valence electrons. The second-order valence-corrected chi connectivity index (χ2v) is 19.2. The molecule has 0 aliphatic heterocycles. The maximum atomic E-state index is 9.94. The van der Waals surface area contributed by atoms with Crippen LogP contribution >= 0.6 is 0 Å². The van der Waals surface area contributed by atoms with E-state index in [1.807, 2.05) is 24.3 Å². The van der Waals surface area contributed by atoms with E-state index in [0.29, 0.717) is 6.61 Å². The molecule has 0 spiro atoms. The third kappa shape index (κ3) is 11.7. The Morgan fingerprint density at radius 2 is 1.37 bits per heavy atom. The fourth-order valence-corrected chi connectivity index (χ4v) is 6.93. The summed E-state index contributed by atoms with van der Waals surface area (Å²) in [6.45, 7) is 28.6. The maximum absolute atomic E-state index is 9.94. The van der Waals surface area contributed by atoms with Crippen molar-refractivity contribution in [1.82, 2.24) is 0 Å². The second-order valence-electron chi connectivity index (χ2n) is 14.5. The van der Waals surface area contributed by atoms with Gasteiger partial charge in [0, 0.05) is 0 Å². The van der Waals surface area contributed by atoms with Crippen molar-refractivity contribution < 1.29 is 18.7 Å². The van der Waals surface area contributed by atoms with Gasteiger partial charge in [-0.05, 0) is 104 Å². The summed E-state index contributed by atoms with van der Waals surface area (Å²) in [6.07, 6.45) is 5.67. The molecule has 2 aromatic rings. The molecule has 0 radical (unpaired) electrons. The summed E-state index contributed by atoms with van der Waals surface area (Å²) in [5.74, 6) is 0.826. The first-order valence-corrected chi connectivity index (χ1v) is 20.6. The number of hydrogen-bond acceptors (Lipinski definition) is 4. The van der Waals surface area contributed by atoms with Crippen LogP contribution in [0.3, 0.4) is 0 Å². The number of ether oxygens (including phenoxy) is 1. The van der Waals surface area contributed by atoms with E-state index >= 15 is 0 Å². The molecule has 0 saturated carbocycles. The van der Waals surface area contributed by atoms with Crippen molar-refractivity contribution in [3.8, 4) is 5.75 Å². The molecule has 41 heavy (non-hydrogen) atoms. The van der Waals surface area contributed by atoms with E-state index in [0.717, 1.165) is 22.4 Å². The fraction of sp³-hybridized carbons (Fsp3) is 0.543. The van der Waals surface area contributed by atoms with E-state index in [9.17, 15) is 5.11 Å². The predicted octanol–water partition coefficient (Wildman–Crippen LogP) is 9.17. The third-order valence-electron chi connectivity index (χ3n) is 6.65. The molecule has 0 bridgehead atoms. The van der Waals surface area contributed by atoms with Crippen LogP contribution in [0.2, 0.25) is 26.2 Å². The van der Waals surface area contributed by atoms with E-state index < -0.39 is 23.7 Å². The highest BCUT2D eigenvalue weighted by atomic mass is 28.3. The van der Waals surface area contributed by atoms with E-state index in [4.69, 9.17) is 13.6 Å². The lowest BCUT2D eigenvalue weighted by molar-refractivity contribution is 0.0655. The van der Waals surface area contributed by atoms with E-state index in [1.54, 1.807) is 19.9 Å². The smallest absolute Gasteiger partial charge is 0.171 e. The SMILES string of the molecule is C/C(=C/C=C/C(C)(C)O)c1cccc(OCc2ccc(C(O[SiH](C)C)C(C)(C)C)c(C(O[SiH](C)C)C(C)(C)C)c2)c1. The number of rotatable bonds is 12. The van der Waals surface area contributed by atoms with Gasteiger partial charge in [0.2, 0.25) is 0 Å². The zero-order chi connectivity index (χ0) is 31.2. The Kier molecular flexibility index (Phi) is 12.4. The summed E-state index contributed by atoms with van der Waals surface area (Å²) >= 11 is 0. The van der Waals surface area contributed by atoms with Crippen molar-refractivity contribution in [3.63, 3.8) is 0 Å². The van der Waals surface area contributed by atoms with E-state index in [2.05, 4.69) is 105 Å². The van der Waals surface area contributed by atoms with Crippen molar-refractivity contribution in [2.45, 2.75) is 113 Å². The molecule has 2 aromatic carbocycles.